The van der Waals surface area contributed by atoms with E-state index in [-0.39, 0.29) is 11.7 Å². The van der Waals surface area contributed by atoms with E-state index >= 15 is 0 Å². The van der Waals surface area contributed by atoms with Crippen LogP contribution in [0.1, 0.15) is 0 Å². The van der Waals surface area contributed by atoms with Gasteiger partial charge in [-0.3, -0.25) is 0 Å². The predicted octanol–water partition coefficient (Wildman–Crippen LogP) is 0.983. The maximum Gasteiger partial charge on any atom is 0.293 e. The van der Waals surface area contributed by atoms with Crippen LogP contribution < -0.4 is 0 Å². The minimum absolute atomic E-state index is 0.184. The minimum atomic E-state index is -3.67. The van der Waals surface area contributed by atoms with Gasteiger partial charge in [-0.15, -0.1) is 0 Å². The fourth-order valence-corrected chi connectivity index (χ4v) is 1.27. The second-order valence-corrected chi connectivity index (χ2v) is 4.16. The van der Waals surface area contributed by atoms with Crippen LogP contribution in [0.5, 0.6) is 0 Å². The standard InChI is InChI=1S/C5H5ClO3S/c6-10(7,8)5-3-1-2-4-9-5/h1-3H,4H2. The Balaban J connectivity index is 2.93. The molecule has 0 atom stereocenters. The summed E-state index contributed by atoms with van der Waals surface area (Å²) >= 11 is 0. The van der Waals surface area contributed by atoms with Crippen LogP contribution >= 0.6 is 10.7 Å². The Labute approximate surface area is 63.4 Å². The molecule has 0 spiro atoms. The fraction of sp³-hybridized carbons (Fsp3) is 0.200. The monoisotopic (exact) mass is 180 g/mol. The summed E-state index contributed by atoms with van der Waals surface area (Å²) in [5, 5.41) is -0.184. The Bertz CT molecular complexity index is 275. The molecule has 0 aliphatic carbocycles. The van der Waals surface area contributed by atoms with Crippen LogP contribution in [0.15, 0.2) is 23.3 Å². The van der Waals surface area contributed by atoms with Crippen LogP contribution in [0.4, 0.5) is 0 Å². The molecular formula is C5H5ClO3S. The molecule has 3 nitrogen and oxygen atoms in total. The SMILES string of the molecule is O=S(=O)(Cl)C1=CC=CCO1. The van der Waals surface area contributed by atoms with Crippen LogP contribution in [0.2, 0.25) is 0 Å². The maximum atomic E-state index is 10.5. The van der Waals surface area contributed by atoms with Crippen molar-refractivity contribution in [3.05, 3.63) is 23.3 Å². The average molecular weight is 181 g/mol. The van der Waals surface area contributed by atoms with E-state index in [0.29, 0.717) is 0 Å². The second kappa shape index (κ2) is 2.64. The highest BCUT2D eigenvalue weighted by molar-refractivity contribution is 8.16. The first kappa shape index (κ1) is 7.63. The molecule has 0 N–H and O–H groups in total. The first-order chi connectivity index (χ1) is 4.61. The molecule has 1 aliphatic rings. The molecule has 0 fully saturated rings. The Morgan fingerprint density at radius 1 is 1.60 bits per heavy atom. The highest BCUT2D eigenvalue weighted by Gasteiger charge is 2.15. The van der Waals surface area contributed by atoms with Crippen molar-refractivity contribution in [1.29, 1.82) is 0 Å². The van der Waals surface area contributed by atoms with Crippen LogP contribution in [-0.4, -0.2) is 15.0 Å². The van der Waals surface area contributed by atoms with E-state index in [1.807, 2.05) is 0 Å². The molecule has 56 valence electrons. The Hall–Kier alpha value is -0.480. The largest absolute Gasteiger partial charge is 0.478 e. The molecule has 1 heterocycles. The van der Waals surface area contributed by atoms with Crippen molar-refractivity contribution >= 4 is 19.7 Å². The number of hydrogen-bond acceptors (Lipinski definition) is 3. The topological polar surface area (TPSA) is 43.4 Å². The molecule has 1 rings (SSSR count). The van der Waals surface area contributed by atoms with Gasteiger partial charge in [0, 0.05) is 10.7 Å². The molecule has 0 radical (unpaired) electrons. The molecule has 0 aromatic rings. The molecule has 0 bridgehead atoms. The van der Waals surface area contributed by atoms with Crippen molar-refractivity contribution < 1.29 is 13.2 Å². The first-order valence-electron chi connectivity index (χ1n) is 2.55. The number of rotatable bonds is 1. The lowest BCUT2D eigenvalue weighted by Crippen LogP contribution is -2.02. The zero-order valence-electron chi connectivity index (χ0n) is 4.95. The first-order valence-corrected chi connectivity index (χ1v) is 4.86. The molecule has 10 heavy (non-hydrogen) atoms. The maximum absolute atomic E-state index is 10.5. The van der Waals surface area contributed by atoms with Crippen molar-refractivity contribution in [2.75, 3.05) is 6.61 Å². The van der Waals surface area contributed by atoms with E-state index in [2.05, 4.69) is 0 Å². The van der Waals surface area contributed by atoms with Gasteiger partial charge in [0.05, 0.1) is 0 Å². The summed E-state index contributed by atoms with van der Waals surface area (Å²) in [6.45, 7) is 0.262. The summed E-state index contributed by atoms with van der Waals surface area (Å²) in [5.41, 5.74) is 0. The van der Waals surface area contributed by atoms with Gasteiger partial charge >= 0.3 is 0 Å². The van der Waals surface area contributed by atoms with Crippen molar-refractivity contribution in [2.24, 2.45) is 0 Å². The van der Waals surface area contributed by atoms with Crippen molar-refractivity contribution in [3.63, 3.8) is 0 Å². The lowest BCUT2D eigenvalue weighted by molar-refractivity contribution is 0.269. The quantitative estimate of drug-likeness (QED) is 0.565. The van der Waals surface area contributed by atoms with Crippen LogP contribution in [-0.2, 0) is 13.8 Å². The Morgan fingerprint density at radius 2 is 2.30 bits per heavy atom. The molecule has 0 saturated heterocycles. The Kier molecular flexibility index (Phi) is 2.01. The van der Waals surface area contributed by atoms with Gasteiger partial charge in [-0.1, -0.05) is 6.08 Å². The van der Waals surface area contributed by atoms with Gasteiger partial charge in [-0.25, -0.2) is 8.42 Å². The van der Waals surface area contributed by atoms with Gasteiger partial charge in [-0.2, -0.15) is 0 Å². The molecule has 1 aliphatic heterocycles. The lowest BCUT2D eigenvalue weighted by atomic mass is 10.4. The van der Waals surface area contributed by atoms with Crippen molar-refractivity contribution in [3.8, 4) is 0 Å². The zero-order valence-corrected chi connectivity index (χ0v) is 6.52. The number of allylic oxidation sites excluding steroid dienone is 2. The van der Waals surface area contributed by atoms with Gasteiger partial charge < -0.3 is 4.74 Å². The van der Waals surface area contributed by atoms with E-state index in [1.54, 1.807) is 12.2 Å². The smallest absolute Gasteiger partial charge is 0.293 e. The van der Waals surface area contributed by atoms with Gasteiger partial charge in [0.25, 0.3) is 9.05 Å². The van der Waals surface area contributed by atoms with E-state index in [9.17, 15) is 8.42 Å². The summed E-state index contributed by atoms with van der Waals surface area (Å²) in [7, 11) is 1.29. The third kappa shape index (κ3) is 1.75. The number of halogens is 1. The van der Waals surface area contributed by atoms with Gasteiger partial charge in [0.2, 0.25) is 5.09 Å². The molecule has 5 heteroatoms. The van der Waals surface area contributed by atoms with E-state index in [1.165, 1.54) is 6.08 Å². The van der Waals surface area contributed by atoms with Gasteiger partial charge in [0.1, 0.15) is 6.61 Å². The summed E-state index contributed by atoms with van der Waals surface area (Å²) in [6, 6.07) is 0. The molecule has 0 aromatic heterocycles. The minimum Gasteiger partial charge on any atom is -0.478 e. The second-order valence-electron chi connectivity index (χ2n) is 1.66. The molecule has 0 unspecified atom stereocenters. The molecular weight excluding hydrogens is 176 g/mol. The Morgan fingerprint density at radius 3 is 2.60 bits per heavy atom. The summed E-state index contributed by atoms with van der Waals surface area (Å²) in [6.07, 6.45) is 4.58. The highest BCUT2D eigenvalue weighted by Crippen LogP contribution is 2.15. The number of hydrogen-bond donors (Lipinski definition) is 0. The summed E-state index contributed by atoms with van der Waals surface area (Å²) in [4.78, 5) is 0. The van der Waals surface area contributed by atoms with Crippen molar-refractivity contribution in [1.82, 2.24) is 0 Å². The van der Waals surface area contributed by atoms with Crippen molar-refractivity contribution in [2.45, 2.75) is 0 Å². The molecule has 0 aromatic carbocycles. The van der Waals surface area contributed by atoms with Crippen LogP contribution in [0.25, 0.3) is 0 Å². The molecule has 0 saturated carbocycles. The van der Waals surface area contributed by atoms with Gasteiger partial charge in [-0.05, 0) is 12.2 Å². The highest BCUT2D eigenvalue weighted by atomic mass is 35.7. The normalized spacial score (nSPS) is 17.9. The van der Waals surface area contributed by atoms with Gasteiger partial charge in [0.15, 0.2) is 0 Å². The average Bonchev–Trinajstić information content (AvgIpc) is 1.88. The zero-order chi connectivity index (χ0) is 7.61. The summed E-state index contributed by atoms with van der Waals surface area (Å²) < 4.78 is 25.7. The lowest BCUT2D eigenvalue weighted by Gasteiger charge is -2.06. The van der Waals surface area contributed by atoms with Crippen LogP contribution in [0.3, 0.4) is 0 Å². The fourth-order valence-electron chi connectivity index (χ4n) is 0.532. The summed E-state index contributed by atoms with van der Waals surface area (Å²) in [5.74, 6) is 0. The van der Waals surface area contributed by atoms with E-state index in [0.717, 1.165) is 0 Å². The van der Waals surface area contributed by atoms with E-state index in [4.69, 9.17) is 15.4 Å². The third-order valence-electron chi connectivity index (χ3n) is 0.931. The van der Waals surface area contributed by atoms with E-state index < -0.39 is 9.05 Å². The predicted molar refractivity (Wildman–Crippen MR) is 37.9 cm³/mol. The van der Waals surface area contributed by atoms with Crippen LogP contribution in [0, 0.1) is 0 Å². The molecule has 0 amide bonds. The number of ether oxygens (including phenoxy) is 1. The third-order valence-corrected chi connectivity index (χ3v) is 2.12.